The van der Waals surface area contributed by atoms with Crippen LogP contribution in [0.5, 0.6) is 0 Å². The smallest absolute Gasteiger partial charge is 0.240 e. The largest absolute Gasteiger partial charge is 0.279 e. The highest BCUT2D eigenvalue weighted by molar-refractivity contribution is 9.11. The summed E-state index contributed by atoms with van der Waals surface area (Å²) in [7, 11) is -8.62. The number of hydrogen-bond acceptors (Lipinski definition) is 7. The first-order valence-electron chi connectivity index (χ1n) is 4.71. The van der Waals surface area contributed by atoms with E-state index in [1.807, 2.05) is 0 Å². The molecule has 2 N–H and O–H groups in total. The zero-order chi connectivity index (χ0) is 15.1. The summed E-state index contributed by atoms with van der Waals surface area (Å²) in [5.41, 5.74) is 0. The van der Waals surface area contributed by atoms with Gasteiger partial charge in [-0.25, -0.2) is 22.7 Å². The molecule has 6 nitrogen and oxygen atoms in total. The minimum absolute atomic E-state index is 0.101. The molecule has 0 aliphatic carbocycles. The van der Waals surface area contributed by atoms with Gasteiger partial charge < -0.3 is 0 Å². The van der Waals surface area contributed by atoms with E-state index >= 15 is 0 Å². The van der Waals surface area contributed by atoms with Crippen LogP contribution in [0.15, 0.2) is 40.3 Å². The molecule has 0 bridgehead atoms. The van der Waals surface area contributed by atoms with E-state index in [0.717, 1.165) is 22.7 Å². The Morgan fingerprint density at radius 2 is 1.20 bits per heavy atom. The van der Waals surface area contributed by atoms with Crippen molar-refractivity contribution in [3.63, 3.8) is 0 Å². The van der Waals surface area contributed by atoms with Crippen LogP contribution in [0, 0.1) is 0 Å². The van der Waals surface area contributed by atoms with Gasteiger partial charge in [0, 0.05) is 0 Å². The van der Waals surface area contributed by atoms with Crippen molar-refractivity contribution in [2.45, 2.75) is 8.42 Å². The molecule has 0 radical (unpaired) electrons. The van der Waals surface area contributed by atoms with Crippen LogP contribution in [0.4, 0.5) is 0 Å². The lowest BCUT2D eigenvalue weighted by atomic mass is 10.7. The summed E-state index contributed by atoms with van der Waals surface area (Å²) in [4.78, 5) is 0. The number of hydrogen-bond donors (Lipinski definition) is 1. The number of nitrogens with two attached hydrogens (primary N) is 1. The Hall–Kier alpha value is 0.180. The highest BCUT2D eigenvalue weighted by atomic mass is 79.9. The maximum absolute atomic E-state index is 12.2. The Labute approximate surface area is 140 Å². The first-order chi connectivity index (χ1) is 9.15. The second-order valence-corrected chi connectivity index (χ2v) is 12.6. The van der Waals surface area contributed by atoms with Gasteiger partial charge >= 0.3 is 0 Å². The third-order valence-corrected chi connectivity index (χ3v) is 10.1. The topological polar surface area (TPSA) is 97.5 Å². The van der Waals surface area contributed by atoms with Crippen molar-refractivity contribution in [1.82, 2.24) is 3.82 Å². The molecule has 110 valence electrons. The van der Waals surface area contributed by atoms with E-state index in [-0.39, 0.29) is 12.2 Å². The number of sulfonamides is 2. The minimum Gasteiger partial charge on any atom is -0.240 e. The standard InChI is InChI=1S/C8H6Br2N2O4S4/c9-5-1-3-7(17-5)19(13,14)12(11)20(15,16)8-4-2-6(10)18-8/h1-4H,11H2. The van der Waals surface area contributed by atoms with Gasteiger partial charge in [0.1, 0.15) is 8.42 Å². The van der Waals surface area contributed by atoms with Gasteiger partial charge in [-0.2, -0.15) is 0 Å². The third kappa shape index (κ3) is 3.02. The Kier molecular flexibility index (Phi) is 4.76. The summed E-state index contributed by atoms with van der Waals surface area (Å²) in [5.74, 6) is 5.35. The van der Waals surface area contributed by atoms with E-state index in [9.17, 15) is 16.8 Å². The van der Waals surface area contributed by atoms with Gasteiger partial charge in [-0.3, -0.25) is 0 Å². The predicted molar refractivity (Wildman–Crippen MR) is 84.4 cm³/mol. The molecule has 2 aromatic heterocycles. The van der Waals surface area contributed by atoms with Gasteiger partial charge in [-0.1, -0.05) is 0 Å². The lowest BCUT2D eigenvalue weighted by Crippen LogP contribution is -2.41. The average molecular weight is 482 g/mol. The van der Waals surface area contributed by atoms with Crippen LogP contribution in [-0.4, -0.2) is 20.7 Å². The number of hydrazine groups is 1. The number of rotatable bonds is 4. The van der Waals surface area contributed by atoms with E-state index in [1.54, 1.807) is 0 Å². The molecule has 0 unspecified atom stereocenters. The molecule has 0 spiro atoms. The van der Waals surface area contributed by atoms with Crippen LogP contribution < -0.4 is 5.84 Å². The summed E-state index contributed by atoms with van der Waals surface area (Å²) in [6, 6.07) is 5.56. The zero-order valence-electron chi connectivity index (χ0n) is 9.36. The number of nitrogens with zero attached hydrogens (tertiary/aromatic N) is 1. The Bertz CT molecular complexity index is 769. The molecule has 0 saturated heterocycles. The van der Waals surface area contributed by atoms with Crippen molar-refractivity contribution in [1.29, 1.82) is 0 Å². The first kappa shape index (κ1) is 16.5. The lowest BCUT2D eigenvalue weighted by Gasteiger charge is -2.14. The molecule has 2 heterocycles. The molecule has 2 aromatic rings. The molecular formula is C8H6Br2N2O4S4. The van der Waals surface area contributed by atoms with Crippen molar-refractivity contribution >= 4 is 74.6 Å². The third-order valence-electron chi connectivity index (χ3n) is 2.08. The summed E-state index contributed by atoms with van der Waals surface area (Å²) < 4.78 is 49.4. The Balaban J connectivity index is 2.48. The first-order valence-corrected chi connectivity index (χ1v) is 10.8. The van der Waals surface area contributed by atoms with Crippen LogP contribution >= 0.6 is 54.5 Å². The van der Waals surface area contributed by atoms with E-state index in [4.69, 9.17) is 5.84 Å². The zero-order valence-corrected chi connectivity index (χ0v) is 15.8. The maximum atomic E-state index is 12.2. The summed E-state index contributed by atoms with van der Waals surface area (Å²) in [5, 5.41) is 0. The van der Waals surface area contributed by atoms with E-state index in [0.29, 0.717) is 7.57 Å². The quantitative estimate of drug-likeness (QED) is 0.534. The molecule has 0 amide bonds. The number of halogens is 2. The molecule has 20 heavy (non-hydrogen) atoms. The van der Waals surface area contributed by atoms with Gasteiger partial charge in [0.05, 0.1) is 7.57 Å². The Morgan fingerprint density at radius 1 is 0.850 bits per heavy atom. The van der Waals surface area contributed by atoms with Crippen LogP contribution in [0.25, 0.3) is 0 Å². The average Bonchev–Trinajstić information content (AvgIpc) is 2.97. The monoisotopic (exact) mass is 480 g/mol. The molecule has 0 saturated carbocycles. The van der Waals surface area contributed by atoms with Crippen LogP contribution in [0.1, 0.15) is 0 Å². The van der Waals surface area contributed by atoms with Crippen LogP contribution in [0.2, 0.25) is 0 Å². The van der Waals surface area contributed by atoms with Crippen LogP contribution in [0.3, 0.4) is 0 Å². The molecule has 0 atom stereocenters. The maximum Gasteiger partial charge on any atom is 0.279 e. The summed E-state index contributed by atoms with van der Waals surface area (Å²) >= 11 is 7.98. The molecule has 0 aliphatic heterocycles. The van der Waals surface area contributed by atoms with Gasteiger partial charge in [-0.05, 0) is 59.9 Å². The molecule has 0 aliphatic rings. The fraction of sp³-hybridized carbons (Fsp3) is 0. The molecular weight excluding hydrogens is 476 g/mol. The second-order valence-electron chi connectivity index (χ2n) is 3.35. The van der Waals surface area contributed by atoms with Gasteiger partial charge in [0.25, 0.3) is 20.0 Å². The molecule has 2 rings (SSSR count). The molecule has 12 heteroatoms. The highest BCUT2D eigenvalue weighted by Crippen LogP contribution is 2.32. The predicted octanol–water partition coefficient (Wildman–Crippen LogP) is 2.59. The van der Waals surface area contributed by atoms with Crippen molar-refractivity contribution in [2.24, 2.45) is 5.84 Å². The van der Waals surface area contributed by atoms with E-state index in [2.05, 4.69) is 31.9 Å². The van der Waals surface area contributed by atoms with Crippen molar-refractivity contribution < 1.29 is 16.8 Å². The van der Waals surface area contributed by atoms with Gasteiger partial charge in [-0.15, -0.1) is 22.7 Å². The Morgan fingerprint density at radius 3 is 1.45 bits per heavy atom. The normalized spacial score (nSPS) is 13.0. The summed E-state index contributed by atoms with van der Waals surface area (Å²) in [6.07, 6.45) is 0. The lowest BCUT2D eigenvalue weighted by molar-refractivity contribution is 0.509. The van der Waals surface area contributed by atoms with Crippen molar-refractivity contribution in [3.8, 4) is 0 Å². The van der Waals surface area contributed by atoms with Crippen molar-refractivity contribution in [3.05, 3.63) is 31.8 Å². The van der Waals surface area contributed by atoms with Gasteiger partial charge in [0.15, 0.2) is 0 Å². The number of thiophene rings is 2. The van der Waals surface area contributed by atoms with Gasteiger partial charge in [0.2, 0.25) is 0 Å². The van der Waals surface area contributed by atoms with Crippen LogP contribution in [-0.2, 0) is 20.0 Å². The van der Waals surface area contributed by atoms with E-state index < -0.39 is 20.0 Å². The SMILES string of the molecule is NN(S(=O)(=O)c1ccc(Br)s1)S(=O)(=O)c1ccc(Br)s1. The minimum atomic E-state index is -4.31. The fourth-order valence-electron chi connectivity index (χ4n) is 1.18. The fourth-order valence-corrected chi connectivity index (χ4v) is 8.56. The molecule has 0 fully saturated rings. The second kappa shape index (κ2) is 5.76. The summed E-state index contributed by atoms with van der Waals surface area (Å²) in [6.45, 7) is 0. The highest BCUT2D eigenvalue weighted by Gasteiger charge is 2.36. The van der Waals surface area contributed by atoms with E-state index in [1.165, 1.54) is 24.3 Å². The van der Waals surface area contributed by atoms with Crippen molar-refractivity contribution in [2.75, 3.05) is 0 Å². The molecule has 0 aromatic carbocycles.